The quantitative estimate of drug-likeness (QED) is 0.667. The first kappa shape index (κ1) is 17.0. The number of amides is 1. The van der Waals surface area contributed by atoms with Gasteiger partial charge in [0, 0.05) is 22.5 Å². The van der Waals surface area contributed by atoms with Gasteiger partial charge in [-0.15, -0.1) is 0 Å². The summed E-state index contributed by atoms with van der Waals surface area (Å²) < 4.78 is 14.0. The number of nitro groups is 1. The lowest BCUT2D eigenvalue weighted by molar-refractivity contribution is -0.543. The molecule has 1 heterocycles. The smallest absolute Gasteiger partial charge is 0.271 e. The number of hydrogen-bond acceptors (Lipinski definition) is 4. The Bertz CT molecular complexity index is 841. The van der Waals surface area contributed by atoms with Crippen LogP contribution < -0.4 is 4.90 Å². The summed E-state index contributed by atoms with van der Waals surface area (Å²) >= 11 is 0. The lowest BCUT2D eigenvalue weighted by Gasteiger charge is -2.25. The molecule has 1 aliphatic rings. The molecule has 0 saturated heterocycles. The molecule has 6 nitrogen and oxygen atoms in total. The molecule has 0 bridgehead atoms. The maximum Gasteiger partial charge on any atom is 0.271 e. The Hall–Kier alpha value is -2.80. The van der Waals surface area contributed by atoms with E-state index in [9.17, 15) is 24.4 Å². The molecule has 130 valence electrons. The van der Waals surface area contributed by atoms with Crippen molar-refractivity contribution >= 4 is 11.6 Å². The molecule has 1 amide bonds. The van der Waals surface area contributed by atoms with Crippen LogP contribution in [0.2, 0.25) is 0 Å². The number of hydrogen-bond donors (Lipinski definition) is 1. The van der Waals surface area contributed by atoms with Crippen LogP contribution in [0.3, 0.4) is 0 Å². The van der Waals surface area contributed by atoms with Crippen LogP contribution >= 0.6 is 0 Å². The average Bonchev–Trinajstić information content (AvgIpc) is 2.80. The van der Waals surface area contributed by atoms with Gasteiger partial charge in [0.15, 0.2) is 0 Å². The van der Waals surface area contributed by atoms with Crippen molar-refractivity contribution in [1.29, 1.82) is 0 Å². The van der Waals surface area contributed by atoms with Gasteiger partial charge in [-0.3, -0.25) is 14.9 Å². The van der Waals surface area contributed by atoms with Crippen molar-refractivity contribution in [1.82, 2.24) is 0 Å². The number of rotatable bonds is 5. The van der Waals surface area contributed by atoms with E-state index in [1.165, 1.54) is 29.2 Å². The summed E-state index contributed by atoms with van der Waals surface area (Å²) in [6.07, 6.45) is -0.0168. The van der Waals surface area contributed by atoms with Crippen LogP contribution in [0.5, 0.6) is 0 Å². The molecule has 2 atom stereocenters. The molecular formula is C18H17FN2O4. The van der Waals surface area contributed by atoms with Gasteiger partial charge < -0.3 is 10.0 Å². The Labute approximate surface area is 143 Å². The fourth-order valence-electron chi connectivity index (χ4n) is 3.33. The largest absolute Gasteiger partial charge is 0.370 e. The van der Waals surface area contributed by atoms with E-state index in [2.05, 4.69) is 0 Å². The second kappa shape index (κ2) is 6.25. The van der Waals surface area contributed by atoms with Crippen LogP contribution in [-0.4, -0.2) is 22.0 Å². The molecule has 0 fully saturated rings. The predicted molar refractivity (Wildman–Crippen MR) is 89.0 cm³/mol. The Kier molecular flexibility index (Phi) is 4.26. The molecule has 1 N–H and O–H groups in total. The van der Waals surface area contributed by atoms with E-state index >= 15 is 0 Å². The van der Waals surface area contributed by atoms with Crippen LogP contribution in [0, 0.1) is 15.9 Å². The zero-order valence-electron chi connectivity index (χ0n) is 13.6. The number of fused-ring (bicyclic) bond motifs is 1. The van der Waals surface area contributed by atoms with E-state index in [1.807, 2.05) is 0 Å². The SMILES string of the molecule is CC[C@H]([N+](=O)[O-])[C@]1(O)C(=O)N(Cc2ccccc2F)c2ccccc21. The summed E-state index contributed by atoms with van der Waals surface area (Å²) in [5, 5.41) is 22.4. The monoisotopic (exact) mass is 344 g/mol. The average molecular weight is 344 g/mol. The number of nitrogens with zero attached hydrogens (tertiary/aromatic N) is 2. The Morgan fingerprint density at radius 3 is 2.52 bits per heavy atom. The fraction of sp³-hybridized carbons (Fsp3) is 0.278. The number of aliphatic hydroxyl groups is 1. The van der Waals surface area contributed by atoms with Gasteiger partial charge in [0.25, 0.3) is 11.9 Å². The van der Waals surface area contributed by atoms with Gasteiger partial charge in [-0.1, -0.05) is 43.3 Å². The highest BCUT2D eigenvalue weighted by atomic mass is 19.1. The van der Waals surface area contributed by atoms with Gasteiger partial charge in [0.1, 0.15) is 5.82 Å². The normalized spacial score (nSPS) is 20.4. The first-order valence-electron chi connectivity index (χ1n) is 7.92. The highest BCUT2D eigenvalue weighted by Crippen LogP contribution is 2.44. The third kappa shape index (κ3) is 2.56. The fourth-order valence-corrected chi connectivity index (χ4v) is 3.33. The van der Waals surface area contributed by atoms with Crippen LogP contribution in [0.1, 0.15) is 24.5 Å². The third-order valence-corrected chi connectivity index (χ3v) is 4.59. The minimum atomic E-state index is -2.26. The van der Waals surface area contributed by atoms with E-state index in [0.717, 1.165) is 0 Å². The Balaban J connectivity index is 2.10. The van der Waals surface area contributed by atoms with E-state index in [1.54, 1.807) is 31.2 Å². The van der Waals surface area contributed by atoms with Gasteiger partial charge in [-0.25, -0.2) is 4.39 Å². The molecule has 1 aliphatic heterocycles. The zero-order valence-corrected chi connectivity index (χ0v) is 13.6. The lowest BCUT2D eigenvalue weighted by Crippen LogP contribution is -2.51. The summed E-state index contributed by atoms with van der Waals surface area (Å²) in [4.78, 5) is 24.9. The molecule has 0 unspecified atom stereocenters. The number of benzene rings is 2. The molecule has 2 aromatic rings. The summed E-state index contributed by atoms with van der Waals surface area (Å²) in [6.45, 7) is 1.43. The molecule has 7 heteroatoms. The molecule has 0 radical (unpaired) electrons. The summed E-state index contributed by atoms with van der Waals surface area (Å²) in [7, 11) is 0. The molecule has 0 saturated carbocycles. The summed E-state index contributed by atoms with van der Waals surface area (Å²) in [5.74, 6) is -1.29. The van der Waals surface area contributed by atoms with Crippen molar-refractivity contribution in [2.45, 2.75) is 31.5 Å². The number of para-hydroxylation sites is 1. The molecule has 2 aromatic carbocycles. The first-order valence-corrected chi connectivity index (χ1v) is 7.92. The number of anilines is 1. The highest BCUT2D eigenvalue weighted by molar-refractivity contribution is 6.07. The number of carbonyl (C=O) groups excluding carboxylic acids is 1. The van der Waals surface area contributed by atoms with Crippen LogP contribution in [0.25, 0.3) is 0 Å². The van der Waals surface area contributed by atoms with Crippen molar-refractivity contribution in [3.8, 4) is 0 Å². The highest BCUT2D eigenvalue weighted by Gasteiger charge is 2.59. The van der Waals surface area contributed by atoms with Crippen LogP contribution in [-0.2, 0) is 16.9 Å². The number of carbonyl (C=O) groups is 1. The van der Waals surface area contributed by atoms with E-state index in [4.69, 9.17) is 0 Å². The molecule has 3 rings (SSSR count). The third-order valence-electron chi connectivity index (χ3n) is 4.59. The van der Waals surface area contributed by atoms with E-state index in [-0.39, 0.29) is 24.1 Å². The zero-order chi connectivity index (χ0) is 18.2. The van der Waals surface area contributed by atoms with Gasteiger partial charge in [0.05, 0.1) is 12.2 Å². The Morgan fingerprint density at radius 2 is 1.88 bits per heavy atom. The minimum absolute atomic E-state index is 0.0168. The minimum Gasteiger partial charge on any atom is -0.370 e. The topological polar surface area (TPSA) is 83.7 Å². The lowest BCUT2D eigenvalue weighted by atomic mass is 9.86. The second-order valence-electron chi connectivity index (χ2n) is 5.98. The van der Waals surface area contributed by atoms with Crippen molar-refractivity contribution in [2.75, 3.05) is 4.90 Å². The molecule has 0 spiro atoms. The van der Waals surface area contributed by atoms with Crippen molar-refractivity contribution in [3.63, 3.8) is 0 Å². The summed E-state index contributed by atoms with van der Waals surface area (Å²) in [6, 6.07) is 10.9. The molecule has 25 heavy (non-hydrogen) atoms. The van der Waals surface area contributed by atoms with Crippen LogP contribution in [0.4, 0.5) is 10.1 Å². The standard InChI is InChI=1S/C18H17FN2O4/c1-2-16(21(24)25)18(23)13-8-4-6-10-15(13)20(17(18)22)11-12-7-3-5-9-14(12)19/h3-10,16,23H,2,11H2,1H3/t16-,18-/m0/s1. The summed E-state index contributed by atoms with van der Waals surface area (Å²) in [5.41, 5.74) is -1.46. The Morgan fingerprint density at radius 1 is 1.24 bits per heavy atom. The first-order chi connectivity index (χ1) is 11.9. The maximum absolute atomic E-state index is 14.0. The van der Waals surface area contributed by atoms with Crippen LogP contribution in [0.15, 0.2) is 48.5 Å². The van der Waals surface area contributed by atoms with Gasteiger partial charge in [0.2, 0.25) is 5.60 Å². The maximum atomic E-state index is 14.0. The second-order valence-corrected chi connectivity index (χ2v) is 5.98. The van der Waals surface area contributed by atoms with E-state index < -0.39 is 28.3 Å². The van der Waals surface area contributed by atoms with Crippen molar-refractivity contribution in [3.05, 3.63) is 75.6 Å². The van der Waals surface area contributed by atoms with E-state index in [0.29, 0.717) is 5.69 Å². The van der Waals surface area contributed by atoms with Gasteiger partial charge >= 0.3 is 0 Å². The molecular weight excluding hydrogens is 327 g/mol. The van der Waals surface area contributed by atoms with Crippen molar-refractivity contribution in [2.24, 2.45) is 0 Å². The predicted octanol–water partition coefficient (Wildman–Crippen LogP) is 2.62. The molecule has 0 aliphatic carbocycles. The van der Waals surface area contributed by atoms with Gasteiger partial charge in [-0.2, -0.15) is 0 Å². The molecule has 0 aromatic heterocycles. The van der Waals surface area contributed by atoms with Crippen molar-refractivity contribution < 1.29 is 19.2 Å². The number of halogens is 1. The van der Waals surface area contributed by atoms with Gasteiger partial charge in [-0.05, 0) is 12.1 Å².